The minimum Gasteiger partial charge on any atom is -0.484 e. The van der Waals surface area contributed by atoms with Gasteiger partial charge in [-0.15, -0.1) is 0 Å². The maximum absolute atomic E-state index is 12.2. The van der Waals surface area contributed by atoms with Gasteiger partial charge in [-0.1, -0.05) is 22.9 Å². The van der Waals surface area contributed by atoms with E-state index < -0.39 is 12.8 Å². The Labute approximate surface area is 119 Å². The molecule has 0 aromatic heterocycles. The third-order valence-corrected chi connectivity index (χ3v) is 2.90. The zero-order valence-electron chi connectivity index (χ0n) is 10.9. The minimum absolute atomic E-state index is 0.309. The van der Waals surface area contributed by atoms with Crippen molar-refractivity contribution in [3.8, 4) is 5.75 Å². The number of ether oxygens (including phenoxy) is 1. The van der Waals surface area contributed by atoms with E-state index in [9.17, 15) is 13.2 Å². The normalized spacial score (nSPS) is 11.7. The summed E-state index contributed by atoms with van der Waals surface area (Å²) in [5.74, 6) is 0.309. The fourth-order valence-corrected chi connectivity index (χ4v) is 2.31. The lowest BCUT2D eigenvalue weighted by Crippen LogP contribution is -2.21. The second-order valence-corrected chi connectivity index (χ2v) is 5.21. The highest BCUT2D eigenvalue weighted by molar-refractivity contribution is 9.10. The SMILES string of the molecule is CCCNCc1cc(Br)cc(C)c1OCC(F)(F)F. The van der Waals surface area contributed by atoms with Crippen molar-refractivity contribution in [1.82, 2.24) is 5.32 Å². The van der Waals surface area contributed by atoms with Crippen molar-refractivity contribution in [2.24, 2.45) is 0 Å². The zero-order valence-corrected chi connectivity index (χ0v) is 12.5. The van der Waals surface area contributed by atoms with Crippen molar-refractivity contribution >= 4 is 15.9 Å². The molecule has 2 nitrogen and oxygen atoms in total. The zero-order chi connectivity index (χ0) is 14.5. The first-order chi connectivity index (χ1) is 8.83. The van der Waals surface area contributed by atoms with Crippen LogP contribution in [0.2, 0.25) is 0 Å². The number of hydrogen-bond acceptors (Lipinski definition) is 2. The molecule has 0 fully saturated rings. The molecule has 1 aromatic carbocycles. The van der Waals surface area contributed by atoms with E-state index in [1.807, 2.05) is 6.92 Å². The van der Waals surface area contributed by atoms with Gasteiger partial charge in [0.15, 0.2) is 6.61 Å². The van der Waals surface area contributed by atoms with Gasteiger partial charge in [0.1, 0.15) is 5.75 Å². The van der Waals surface area contributed by atoms with Crippen molar-refractivity contribution in [3.63, 3.8) is 0 Å². The Hall–Kier alpha value is -0.750. The molecular weight excluding hydrogens is 323 g/mol. The van der Waals surface area contributed by atoms with Gasteiger partial charge in [-0.05, 0) is 37.6 Å². The van der Waals surface area contributed by atoms with Gasteiger partial charge >= 0.3 is 6.18 Å². The van der Waals surface area contributed by atoms with Crippen LogP contribution in [0.5, 0.6) is 5.75 Å². The summed E-state index contributed by atoms with van der Waals surface area (Å²) in [6, 6.07) is 3.52. The molecular formula is C13H17BrF3NO. The molecule has 0 saturated heterocycles. The molecule has 0 amide bonds. The summed E-state index contributed by atoms with van der Waals surface area (Å²) in [5, 5.41) is 3.16. The van der Waals surface area contributed by atoms with Gasteiger partial charge in [-0.2, -0.15) is 13.2 Å². The van der Waals surface area contributed by atoms with Gasteiger partial charge < -0.3 is 10.1 Å². The van der Waals surface area contributed by atoms with E-state index in [1.165, 1.54) is 0 Å². The summed E-state index contributed by atoms with van der Waals surface area (Å²) in [6.45, 7) is 3.79. The number of nitrogens with one attached hydrogen (secondary N) is 1. The summed E-state index contributed by atoms with van der Waals surface area (Å²) in [6.07, 6.45) is -3.36. The molecule has 108 valence electrons. The van der Waals surface area contributed by atoms with Crippen molar-refractivity contribution in [3.05, 3.63) is 27.7 Å². The third kappa shape index (κ3) is 5.82. The molecule has 0 aliphatic rings. The average molecular weight is 340 g/mol. The number of aryl methyl sites for hydroxylation is 1. The third-order valence-electron chi connectivity index (χ3n) is 2.44. The minimum atomic E-state index is -4.33. The van der Waals surface area contributed by atoms with E-state index in [0.717, 1.165) is 23.0 Å². The maximum atomic E-state index is 12.2. The van der Waals surface area contributed by atoms with Gasteiger partial charge in [0.25, 0.3) is 0 Å². The second kappa shape index (κ2) is 7.14. The Balaban J connectivity index is 2.86. The number of rotatable bonds is 6. The van der Waals surface area contributed by atoms with Crippen LogP contribution in [0, 0.1) is 6.92 Å². The Morgan fingerprint density at radius 3 is 2.58 bits per heavy atom. The molecule has 0 aliphatic heterocycles. The number of halogens is 4. The van der Waals surface area contributed by atoms with Crippen LogP contribution in [0.25, 0.3) is 0 Å². The van der Waals surface area contributed by atoms with Gasteiger partial charge in [0, 0.05) is 16.6 Å². The van der Waals surface area contributed by atoms with E-state index in [2.05, 4.69) is 21.2 Å². The van der Waals surface area contributed by atoms with Crippen LogP contribution >= 0.6 is 15.9 Å². The standard InChI is InChI=1S/C13H17BrF3NO/c1-3-4-18-7-10-6-11(14)5-9(2)12(10)19-8-13(15,16)17/h5-6,18H,3-4,7-8H2,1-2H3. The molecule has 1 N–H and O–H groups in total. The molecule has 0 unspecified atom stereocenters. The Kier molecular flexibility index (Phi) is 6.13. The number of alkyl halides is 3. The second-order valence-electron chi connectivity index (χ2n) is 4.29. The summed E-state index contributed by atoms with van der Waals surface area (Å²) >= 11 is 3.34. The quantitative estimate of drug-likeness (QED) is 0.784. The summed E-state index contributed by atoms with van der Waals surface area (Å²) < 4.78 is 42.5. The molecule has 0 heterocycles. The lowest BCUT2D eigenvalue weighted by Gasteiger charge is -2.16. The number of benzene rings is 1. The van der Waals surface area contributed by atoms with Gasteiger partial charge in [0.2, 0.25) is 0 Å². The molecule has 19 heavy (non-hydrogen) atoms. The fraction of sp³-hybridized carbons (Fsp3) is 0.538. The molecule has 0 saturated carbocycles. The van der Waals surface area contributed by atoms with E-state index >= 15 is 0 Å². The van der Waals surface area contributed by atoms with Crippen LogP contribution in [0.15, 0.2) is 16.6 Å². The van der Waals surface area contributed by atoms with Crippen LogP contribution < -0.4 is 10.1 Å². The Morgan fingerprint density at radius 1 is 1.32 bits per heavy atom. The fourth-order valence-electron chi connectivity index (χ4n) is 1.69. The van der Waals surface area contributed by atoms with Gasteiger partial charge in [0.05, 0.1) is 0 Å². The van der Waals surface area contributed by atoms with Crippen LogP contribution in [-0.2, 0) is 6.54 Å². The van der Waals surface area contributed by atoms with E-state index in [0.29, 0.717) is 17.9 Å². The van der Waals surface area contributed by atoms with Crippen LogP contribution in [-0.4, -0.2) is 19.3 Å². The predicted molar refractivity (Wildman–Crippen MR) is 72.4 cm³/mol. The van der Waals surface area contributed by atoms with Crippen molar-refractivity contribution in [1.29, 1.82) is 0 Å². The molecule has 6 heteroatoms. The highest BCUT2D eigenvalue weighted by Gasteiger charge is 2.29. The van der Waals surface area contributed by atoms with Crippen LogP contribution in [0.3, 0.4) is 0 Å². The van der Waals surface area contributed by atoms with Crippen molar-refractivity contribution < 1.29 is 17.9 Å². The summed E-state index contributed by atoms with van der Waals surface area (Å²) in [5.41, 5.74) is 1.41. The highest BCUT2D eigenvalue weighted by atomic mass is 79.9. The number of hydrogen-bond donors (Lipinski definition) is 1. The van der Waals surface area contributed by atoms with Crippen molar-refractivity contribution in [2.75, 3.05) is 13.2 Å². The monoisotopic (exact) mass is 339 g/mol. The largest absolute Gasteiger partial charge is 0.484 e. The lowest BCUT2D eigenvalue weighted by molar-refractivity contribution is -0.153. The Bertz CT molecular complexity index is 421. The van der Waals surface area contributed by atoms with Crippen LogP contribution in [0.1, 0.15) is 24.5 Å². The summed E-state index contributed by atoms with van der Waals surface area (Å²) in [7, 11) is 0. The maximum Gasteiger partial charge on any atom is 0.422 e. The topological polar surface area (TPSA) is 21.3 Å². The molecule has 1 rings (SSSR count). The lowest BCUT2D eigenvalue weighted by atomic mass is 10.1. The van der Waals surface area contributed by atoms with Gasteiger partial charge in [-0.25, -0.2) is 0 Å². The predicted octanol–water partition coefficient (Wildman–Crippen LogP) is 4.20. The molecule has 0 bridgehead atoms. The van der Waals surface area contributed by atoms with Crippen molar-refractivity contribution in [2.45, 2.75) is 33.0 Å². The molecule has 1 aromatic rings. The smallest absolute Gasteiger partial charge is 0.422 e. The van der Waals surface area contributed by atoms with Gasteiger partial charge in [-0.3, -0.25) is 0 Å². The molecule has 0 atom stereocenters. The average Bonchev–Trinajstić information content (AvgIpc) is 2.26. The molecule has 0 spiro atoms. The highest BCUT2D eigenvalue weighted by Crippen LogP contribution is 2.29. The molecule has 0 radical (unpaired) electrons. The summed E-state index contributed by atoms with van der Waals surface area (Å²) in [4.78, 5) is 0. The first-order valence-corrected chi connectivity index (χ1v) is 6.82. The Morgan fingerprint density at radius 2 is 2.00 bits per heavy atom. The van der Waals surface area contributed by atoms with Crippen LogP contribution in [0.4, 0.5) is 13.2 Å². The first kappa shape index (κ1) is 16.3. The first-order valence-electron chi connectivity index (χ1n) is 6.02. The van der Waals surface area contributed by atoms with E-state index in [-0.39, 0.29) is 0 Å². The molecule has 0 aliphatic carbocycles. The van der Waals surface area contributed by atoms with E-state index in [4.69, 9.17) is 4.74 Å². The van der Waals surface area contributed by atoms with E-state index in [1.54, 1.807) is 19.1 Å².